The van der Waals surface area contributed by atoms with Crippen LogP contribution >= 0.6 is 0 Å². The third kappa shape index (κ3) is 5.65. The molecule has 0 fully saturated rings. The Morgan fingerprint density at radius 1 is 0.575 bits per heavy atom. The van der Waals surface area contributed by atoms with Gasteiger partial charge in [-0.05, 0) is 66.7 Å². The Labute approximate surface area is 245 Å². The van der Waals surface area contributed by atoms with Crippen LogP contribution in [0.2, 0.25) is 0 Å². The first-order valence-electron chi connectivity index (χ1n) is 15.0. The maximum absolute atomic E-state index is 3.91. The Morgan fingerprint density at radius 2 is 1.10 bits per heavy atom. The van der Waals surface area contributed by atoms with Crippen LogP contribution in [-0.4, -0.2) is 0 Å². The van der Waals surface area contributed by atoms with Gasteiger partial charge >= 0.3 is 0 Å². The minimum absolute atomic E-state index is 0.00912. The summed E-state index contributed by atoms with van der Waals surface area (Å²) in [5.74, 6) is 0.0322. The van der Waals surface area contributed by atoms with E-state index in [-0.39, 0.29) is 27.6 Å². The van der Waals surface area contributed by atoms with E-state index in [1.54, 1.807) is 0 Å². The van der Waals surface area contributed by atoms with Crippen molar-refractivity contribution in [1.29, 1.82) is 0 Å². The van der Waals surface area contributed by atoms with E-state index in [0.29, 0.717) is 0 Å². The second-order valence-electron chi connectivity index (χ2n) is 15.9. The fourth-order valence-corrected chi connectivity index (χ4v) is 6.21. The molecular weight excluding hydrogens is 480 g/mol. The average molecular weight is 532 g/mol. The van der Waals surface area contributed by atoms with Crippen LogP contribution in [0.25, 0.3) is 0 Å². The van der Waals surface area contributed by atoms with Crippen molar-refractivity contribution in [1.82, 2.24) is 0 Å². The lowest BCUT2D eigenvalue weighted by atomic mass is 9.58. The number of hydrogen-bond donors (Lipinski definition) is 0. The summed E-state index contributed by atoms with van der Waals surface area (Å²) in [7, 11) is 0. The molecular formula is C40H51. The zero-order valence-corrected chi connectivity index (χ0v) is 27.2. The summed E-state index contributed by atoms with van der Waals surface area (Å²) in [5.41, 5.74) is 9.37. The van der Waals surface area contributed by atoms with Crippen molar-refractivity contribution in [2.45, 2.75) is 116 Å². The molecule has 40 heavy (non-hydrogen) atoms. The van der Waals surface area contributed by atoms with Gasteiger partial charge in [-0.15, -0.1) is 0 Å². The van der Waals surface area contributed by atoms with Crippen LogP contribution in [0.15, 0.2) is 85.0 Å². The minimum Gasteiger partial charge on any atom is -0.0686 e. The Bertz CT molecular complexity index is 1400. The van der Waals surface area contributed by atoms with E-state index in [4.69, 9.17) is 0 Å². The van der Waals surface area contributed by atoms with Crippen LogP contribution in [0.4, 0.5) is 0 Å². The van der Waals surface area contributed by atoms with E-state index in [2.05, 4.69) is 174 Å². The molecule has 0 N–H and O–H groups in total. The summed E-state index contributed by atoms with van der Waals surface area (Å²) in [6.07, 6.45) is 10.7. The van der Waals surface area contributed by atoms with E-state index in [1.807, 2.05) is 0 Å². The Kier molecular flexibility index (Phi) is 7.68. The Morgan fingerprint density at radius 3 is 1.62 bits per heavy atom. The largest absolute Gasteiger partial charge is 0.0686 e. The fourth-order valence-electron chi connectivity index (χ4n) is 6.21. The quantitative estimate of drug-likeness (QED) is 0.315. The highest BCUT2D eigenvalue weighted by molar-refractivity contribution is 5.59. The minimum atomic E-state index is -0.391. The van der Waals surface area contributed by atoms with Crippen LogP contribution in [0, 0.1) is 6.08 Å². The van der Waals surface area contributed by atoms with Crippen molar-refractivity contribution < 1.29 is 0 Å². The molecule has 0 heteroatoms. The molecule has 0 spiro atoms. The molecule has 1 radical (unpaired) electrons. The van der Waals surface area contributed by atoms with Crippen molar-refractivity contribution in [2.75, 3.05) is 0 Å². The molecule has 1 aliphatic carbocycles. The predicted molar refractivity (Wildman–Crippen MR) is 175 cm³/mol. The number of allylic oxidation sites excluding steroid dienone is 4. The molecule has 0 nitrogen and oxygen atoms in total. The van der Waals surface area contributed by atoms with Gasteiger partial charge in [-0.3, -0.25) is 0 Å². The van der Waals surface area contributed by atoms with Gasteiger partial charge in [0.15, 0.2) is 0 Å². The number of hydrogen-bond acceptors (Lipinski definition) is 0. The first kappa shape index (κ1) is 30.1. The van der Waals surface area contributed by atoms with Gasteiger partial charge in [0.1, 0.15) is 0 Å². The normalized spacial score (nSPS) is 20.1. The molecule has 2 unspecified atom stereocenters. The van der Waals surface area contributed by atoms with E-state index in [1.165, 1.54) is 38.9 Å². The first-order valence-corrected chi connectivity index (χ1v) is 15.0. The van der Waals surface area contributed by atoms with Crippen LogP contribution in [-0.2, 0) is 27.1 Å². The van der Waals surface area contributed by atoms with Crippen LogP contribution < -0.4 is 0 Å². The van der Waals surface area contributed by atoms with E-state index < -0.39 is 5.41 Å². The van der Waals surface area contributed by atoms with Crippen molar-refractivity contribution >= 4 is 0 Å². The van der Waals surface area contributed by atoms with Gasteiger partial charge in [0, 0.05) is 11.3 Å². The molecule has 0 heterocycles. The third-order valence-corrected chi connectivity index (χ3v) is 8.60. The monoisotopic (exact) mass is 531 g/mol. The molecule has 211 valence electrons. The first-order chi connectivity index (χ1) is 18.4. The van der Waals surface area contributed by atoms with E-state index in [0.717, 1.165) is 0 Å². The van der Waals surface area contributed by atoms with Gasteiger partial charge < -0.3 is 0 Å². The van der Waals surface area contributed by atoms with Crippen LogP contribution in [0.5, 0.6) is 0 Å². The van der Waals surface area contributed by atoms with Gasteiger partial charge in [0.2, 0.25) is 0 Å². The molecule has 0 amide bonds. The second kappa shape index (κ2) is 10.2. The third-order valence-electron chi connectivity index (χ3n) is 8.60. The smallest absolute Gasteiger partial charge is 0.0497 e. The lowest BCUT2D eigenvalue weighted by molar-refractivity contribution is 0.497. The standard InChI is InChI=1S/C40H51/c1-36(2,3)29-21-23-31(34(26-29)38(7,8)9)32-20-16-17-25-40(32,28-18-14-13-15-19-28)33-24-22-30(37(4,5)6)27-35(33)39(10,11)12/h13-19,21-27,32H,1-12H3. The van der Waals surface area contributed by atoms with E-state index in [9.17, 15) is 0 Å². The lowest BCUT2D eigenvalue weighted by Gasteiger charge is -2.45. The zero-order chi connectivity index (χ0) is 29.7. The van der Waals surface area contributed by atoms with Crippen molar-refractivity contribution in [3.8, 4) is 0 Å². The number of rotatable bonds is 3. The van der Waals surface area contributed by atoms with Crippen molar-refractivity contribution in [3.63, 3.8) is 0 Å². The highest BCUT2D eigenvalue weighted by atomic mass is 14.5. The van der Waals surface area contributed by atoms with Gasteiger partial charge in [-0.25, -0.2) is 0 Å². The maximum atomic E-state index is 3.91. The topological polar surface area (TPSA) is 0 Å². The van der Waals surface area contributed by atoms with Crippen LogP contribution in [0.1, 0.15) is 128 Å². The Balaban J connectivity index is 2.13. The van der Waals surface area contributed by atoms with Crippen LogP contribution in [0.3, 0.4) is 0 Å². The van der Waals surface area contributed by atoms with Crippen molar-refractivity contribution in [3.05, 3.63) is 130 Å². The molecule has 0 aliphatic heterocycles. The van der Waals surface area contributed by atoms with Gasteiger partial charge in [0.05, 0.1) is 0 Å². The lowest BCUT2D eigenvalue weighted by Crippen LogP contribution is -2.38. The summed E-state index contributed by atoms with van der Waals surface area (Å²) in [6, 6.07) is 25.6. The van der Waals surface area contributed by atoms with Gasteiger partial charge in [0.25, 0.3) is 0 Å². The molecule has 1 aliphatic rings. The van der Waals surface area contributed by atoms with Gasteiger partial charge in [-0.2, -0.15) is 0 Å². The molecule has 3 aromatic rings. The summed E-state index contributed by atoms with van der Waals surface area (Å²) < 4.78 is 0. The number of benzene rings is 3. The zero-order valence-electron chi connectivity index (χ0n) is 27.2. The SMILES string of the molecule is CC(C)(C)c1ccc(C2[C]=CC=CC2(c2ccccc2)c2ccc(C(C)(C)C)cc2C(C)(C)C)c(C(C)(C)C)c1. The van der Waals surface area contributed by atoms with E-state index >= 15 is 0 Å². The van der Waals surface area contributed by atoms with Crippen molar-refractivity contribution in [2.24, 2.45) is 0 Å². The highest BCUT2D eigenvalue weighted by Crippen LogP contribution is 2.53. The Hall–Kier alpha value is -2.86. The summed E-state index contributed by atoms with van der Waals surface area (Å²) >= 11 is 0. The summed E-state index contributed by atoms with van der Waals surface area (Å²) in [6.45, 7) is 28.0. The molecule has 2 atom stereocenters. The second-order valence-corrected chi connectivity index (χ2v) is 15.9. The summed E-state index contributed by atoms with van der Waals surface area (Å²) in [4.78, 5) is 0. The predicted octanol–water partition coefficient (Wildman–Crippen LogP) is 10.9. The highest BCUT2D eigenvalue weighted by Gasteiger charge is 2.45. The summed E-state index contributed by atoms with van der Waals surface area (Å²) in [5, 5.41) is 0. The molecule has 0 bridgehead atoms. The maximum Gasteiger partial charge on any atom is 0.0497 e. The molecule has 4 rings (SSSR count). The molecule has 0 saturated heterocycles. The average Bonchev–Trinajstić information content (AvgIpc) is 2.86. The fraction of sp³-hybridized carbons (Fsp3) is 0.450. The molecule has 0 saturated carbocycles. The molecule has 3 aromatic carbocycles. The molecule has 0 aromatic heterocycles. The van der Waals surface area contributed by atoms with Gasteiger partial charge in [-0.1, -0.05) is 168 Å².